The monoisotopic (exact) mass is 434 g/mol. The number of aromatic nitrogens is 4. The molecule has 4 aromatic heterocycles. The molecule has 0 N–H and O–H groups in total. The normalized spacial score (nSPS) is 12.1. The van der Waals surface area contributed by atoms with Gasteiger partial charge in [0, 0.05) is 33.4 Å². The fourth-order valence-corrected chi connectivity index (χ4v) is 5.48. The lowest BCUT2D eigenvalue weighted by Gasteiger charge is -2.11. The first-order chi connectivity index (χ1) is 16.9. The number of imidazole rings is 1. The van der Waals surface area contributed by atoms with Crippen LogP contribution in [0.2, 0.25) is 0 Å². The standard InChI is InChI=1S/C30H18N4/c1-2-9-19(10-3-1)33-25-14-6-4-11-20(25)22-17-28-23(18-27(22)33)29-21(12-8-16-31-29)30-32-24-13-5-7-15-26(24)34(28)30/h1-18H. The summed E-state index contributed by atoms with van der Waals surface area (Å²) >= 11 is 0. The minimum Gasteiger partial charge on any atom is -0.309 e. The van der Waals surface area contributed by atoms with Gasteiger partial charge in [-0.15, -0.1) is 0 Å². The molecule has 4 heterocycles. The number of nitrogens with zero attached hydrogens (tertiary/aromatic N) is 4. The Bertz CT molecular complexity index is 2060. The fourth-order valence-electron chi connectivity index (χ4n) is 5.48. The van der Waals surface area contributed by atoms with Crippen LogP contribution < -0.4 is 0 Å². The molecule has 8 rings (SSSR count). The molecule has 0 saturated heterocycles. The van der Waals surface area contributed by atoms with E-state index in [9.17, 15) is 0 Å². The van der Waals surface area contributed by atoms with Gasteiger partial charge in [0.2, 0.25) is 0 Å². The molecule has 0 saturated carbocycles. The van der Waals surface area contributed by atoms with Gasteiger partial charge in [-0.2, -0.15) is 0 Å². The Labute approximate surface area is 194 Å². The first kappa shape index (κ1) is 17.8. The van der Waals surface area contributed by atoms with E-state index in [0.717, 1.165) is 44.2 Å². The summed E-state index contributed by atoms with van der Waals surface area (Å²) in [7, 11) is 0. The zero-order chi connectivity index (χ0) is 22.2. The van der Waals surface area contributed by atoms with Crippen molar-refractivity contribution >= 4 is 60.3 Å². The van der Waals surface area contributed by atoms with Gasteiger partial charge in [0.05, 0.1) is 33.1 Å². The first-order valence-corrected chi connectivity index (χ1v) is 11.4. The Hall–Kier alpha value is -4.70. The third kappa shape index (κ3) is 2.22. The maximum Gasteiger partial charge on any atom is 0.147 e. The summed E-state index contributed by atoms with van der Waals surface area (Å²) in [4.78, 5) is 9.84. The van der Waals surface area contributed by atoms with Crippen LogP contribution in [0.3, 0.4) is 0 Å². The first-order valence-electron chi connectivity index (χ1n) is 11.4. The lowest BCUT2D eigenvalue weighted by molar-refractivity contribution is 1.18. The van der Waals surface area contributed by atoms with Crippen LogP contribution in [0.1, 0.15) is 0 Å². The Morgan fingerprint density at radius 2 is 1.26 bits per heavy atom. The van der Waals surface area contributed by atoms with Crippen LogP contribution in [0.4, 0.5) is 0 Å². The summed E-state index contributed by atoms with van der Waals surface area (Å²) in [5, 5.41) is 4.65. The highest BCUT2D eigenvalue weighted by atomic mass is 15.0. The van der Waals surface area contributed by atoms with E-state index in [1.807, 2.05) is 18.3 Å². The predicted octanol–water partition coefficient (Wildman–Crippen LogP) is 7.29. The predicted molar refractivity (Wildman–Crippen MR) is 140 cm³/mol. The second-order valence-electron chi connectivity index (χ2n) is 8.73. The van der Waals surface area contributed by atoms with E-state index in [1.165, 1.54) is 21.8 Å². The second-order valence-corrected chi connectivity index (χ2v) is 8.73. The van der Waals surface area contributed by atoms with Crippen LogP contribution in [0, 0.1) is 0 Å². The van der Waals surface area contributed by atoms with E-state index in [0.29, 0.717) is 0 Å². The number of benzene rings is 4. The van der Waals surface area contributed by atoms with Crippen molar-refractivity contribution in [2.75, 3.05) is 0 Å². The van der Waals surface area contributed by atoms with Gasteiger partial charge in [0.15, 0.2) is 0 Å². The van der Waals surface area contributed by atoms with Crippen molar-refractivity contribution < 1.29 is 0 Å². The highest BCUT2D eigenvalue weighted by molar-refractivity contribution is 6.19. The molecule has 0 fully saturated rings. The number of fused-ring (bicyclic) bond motifs is 11. The molecule has 0 spiro atoms. The molecule has 0 aliphatic heterocycles. The zero-order valence-corrected chi connectivity index (χ0v) is 18.2. The van der Waals surface area contributed by atoms with E-state index in [2.05, 4.69) is 100.0 Å². The molecule has 4 nitrogen and oxygen atoms in total. The number of hydrogen-bond acceptors (Lipinski definition) is 2. The molecular formula is C30H18N4. The van der Waals surface area contributed by atoms with Gasteiger partial charge in [0.25, 0.3) is 0 Å². The van der Waals surface area contributed by atoms with Crippen molar-refractivity contribution in [1.82, 2.24) is 18.9 Å². The molecule has 0 aliphatic carbocycles. The average Bonchev–Trinajstić information content (AvgIpc) is 3.44. The molecule has 0 aliphatic rings. The Balaban J connectivity index is 1.68. The summed E-state index contributed by atoms with van der Waals surface area (Å²) in [6, 6.07) is 36.3. The van der Waals surface area contributed by atoms with Crippen LogP contribution in [-0.2, 0) is 0 Å². The molecule has 34 heavy (non-hydrogen) atoms. The summed E-state index contributed by atoms with van der Waals surface area (Å²) in [5.41, 5.74) is 8.68. The topological polar surface area (TPSA) is 35.1 Å². The zero-order valence-electron chi connectivity index (χ0n) is 18.2. The molecule has 0 bridgehead atoms. The quantitative estimate of drug-likeness (QED) is 0.254. The number of hydrogen-bond donors (Lipinski definition) is 0. The van der Waals surface area contributed by atoms with Crippen molar-refractivity contribution in [3.8, 4) is 5.69 Å². The van der Waals surface area contributed by atoms with E-state index in [1.54, 1.807) is 0 Å². The van der Waals surface area contributed by atoms with Crippen molar-refractivity contribution in [3.63, 3.8) is 0 Å². The number of pyridine rings is 2. The molecule has 4 aromatic carbocycles. The van der Waals surface area contributed by atoms with Crippen LogP contribution in [0.5, 0.6) is 0 Å². The van der Waals surface area contributed by atoms with E-state index < -0.39 is 0 Å². The lowest BCUT2D eigenvalue weighted by Crippen LogP contribution is -1.95. The Kier molecular flexibility index (Phi) is 3.36. The van der Waals surface area contributed by atoms with E-state index in [4.69, 9.17) is 9.97 Å². The summed E-state index contributed by atoms with van der Waals surface area (Å²) in [6.07, 6.45) is 1.87. The molecule has 0 radical (unpaired) electrons. The maximum atomic E-state index is 5.01. The molecule has 8 aromatic rings. The number of para-hydroxylation sites is 4. The number of rotatable bonds is 1. The third-order valence-corrected chi connectivity index (χ3v) is 6.91. The van der Waals surface area contributed by atoms with Crippen molar-refractivity contribution in [3.05, 3.63) is 109 Å². The van der Waals surface area contributed by atoms with Gasteiger partial charge < -0.3 is 4.57 Å². The minimum atomic E-state index is 0.947. The largest absolute Gasteiger partial charge is 0.309 e. The van der Waals surface area contributed by atoms with Crippen LogP contribution in [-0.4, -0.2) is 18.9 Å². The molecular weight excluding hydrogens is 416 g/mol. The van der Waals surface area contributed by atoms with Gasteiger partial charge in [-0.3, -0.25) is 9.38 Å². The van der Waals surface area contributed by atoms with Crippen molar-refractivity contribution in [1.29, 1.82) is 0 Å². The van der Waals surface area contributed by atoms with Crippen LogP contribution >= 0.6 is 0 Å². The summed E-state index contributed by atoms with van der Waals surface area (Å²) in [6.45, 7) is 0. The summed E-state index contributed by atoms with van der Waals surface area (Å²) < 4.78 is 4.65. The van der Waals surface area contributed by atoms with Gasteiger partial charge in [-0.05, 0) is 54.6 Å². The van der Waals surface area contributed by atoms with Crippen LogP contribution in [0.25, 0.3) is 66.0 Å². The highest BCUT2D eigenvalue weighted by Crippen LogP contribution is 2.38. The smallest absolute Gasteiger partial charge is 0.147 e. The van der Waals surface area contributed by atoms with Crippen molar-refractivity contribution in [2.24, 2.45) is 0 Å². The molecule has 0 atom stereocenters. The van der Waals surface area contributed by atoms with Gasteiger partial charge >= 0.3 is 0 Å². The van der Waals surface area contributed by atoms with E-state index in [-0.39, 0.29) is 0 Å². The molecule has 158 valence electrons. The Morgan fingerprint density at radius 3 is 2.18 bits per heavy atom. The molecule has 4 heteroatoms. The minimum absolute atomic E-state index is 0.947. The van der Waals surface area contributed by atoms with Gasteiger partial charge in [-0.25, -0.2) is 4.98 Å². The van der Waals surface area contributed by atoms with Crippen LogP contribution in [0.15, 0.2) is 109 Å². The van der Waals surface area contributed by atoms with E-state index >= 15 is 0 Å². The fraction of sp³-hybridized carbons (Fsp3) is 0. The maximum absolute atomic E-state index is 5.01. The SMILES string of the molecule is c1ccc(-n2c3ccccc3c3cc4c(cc32)c2ncccc2c2nc3ccccc3n42)cc1. The van der Waals surface area contributed by atoms with Crippen molar-refractivity contribution in [2.45, 2.75) is 0 Å². The van der Waals surface area contributed by atoms with Gasteiger partial charge in [-0.1, -0.05) is 48.5 Å². The highest BCUT2D eigenvalue weighted by Gasteiger charge is 2.18. The molecule has 0 amide bonds. The third-order valence-electron chi connectivity index (χ3n) is 6.91. The Morgan fingerprint density at radius 1 is 0.529 bits per heavy atom. The lowest BCUT2D eigenvalue weighted by atomic mass is 10.1. The van der Waals surface area contributed by atoms with Gasteiger partial charge in [0.1, 0.15) is 5.65 Å². The average molecular weight is 435 g/mol. The molecule has 0 unspecified atom stereocenters. The summed E-state index contributed by atoms with van der Waals surface area (Å²) in [5.74, 6) is 0. The second kappa shape index (κ2) is 6.42.